The number of hydrogen-bond donors (Lipinski definition) is 2. The molecule has 0 saturated carbocycles. The highest BCUT2D eigenvalue weighted by Crippen LogP contribution is 2.21. The van der Waals surface area contributed by atoms with Crippen molar-refractivity contribution in [1.29, 1.82) is 0 Å². The summed E-state index contributed by atoms with van der Waals surface area (Å²) < 4.78 is 0. The molecule has 3 atom stereocenters. The average molecular weight is 173 g/mol. The van der Waals surface area contributed by atoms with Gasteiger partial charge >= 0.3 is 0 Å². The second-order valence-corrected chi connectivity index (χ2v) is 4.00. The minimum absolute atomic E-state index is 0.236. The second kappa shape index (κ2) is 5.55. The van der Waals surface area contributed by atoms with E-state index in [1.807, 2.05) is 0 Å². The molecule has 0 heterocycles. The van der Waals surface area contributed by atoms with E-state index in [-0.39, 0.29) is 12.0 Å². The van der Waals surface area contributed by atoms with E-state index in [0.29, 0.717) is 18.4 Å². The lowest BCUT2D eigenvalue weighted by molar-refractivity contribution is 0.0397. The van der Waals surface area contributed by atoms with E-state index in [1.165, 1.54) is 0 Å². The molecule has 0 amide bonds. The predicted octanol–water partition coefficient (Wildman–Crippen LogP) is 1.62. The maximum Gasteiger partial charge on any atom is 0.0608 e. The van der Waals surface area contributed by atoms with Crippen LogP contribution in [0, 0.1) is 17.8 Å². The number of rotatable bonds is 5. The van der Waals surface area contributed by atoms with E-state index in [0.717, 1.165) is 6.42 Å². The van der Waals surface area contributed by atoms with Crippen molar-refractivity contribution < 1.29 is 5.11 Å². The van der Waals surface area contributed by atoms with Crippen LogP contribution in [-0.2, 0) is 0 Å². The molecule has 0 fully saturated rings. The third kappa shape index (κ3) is 3.11. The van der Waals surface area contributed by atoms with E-state index in [9.17, 15) is 5.11 Å². The Morgan fingerprint density at radius 2 is 1.75 bits per heavy atom. The topological polar surface area (TPSA) is 46.2 Å². The molecule has 2 heteroatoms. The fourth-order valence-corrected chi connectivity index (χ4v) is 1.37. The van der Waals surface area contributed by atoms with Gasteiger partial charge in [-0.3, -0.25) is 0 Å². The maximum absolute atomic E-state index is 9.87. The van der Waals surface area contributed by atoms with Crippen LogP contribution in [0.3, 0.4) is 0 Å². The Kier molecular flexibility index (Phi) is 5.51. The smallest absolute Gasteiger partial charge is 0.0608 e. The van der Waals surface area contributed by atoms with Gasteiger partial charge in [0.15, 0.2) is 0 Å². The zero-order valence-corrected chi connectivity index (χ0v) is 8.75. The Morgan fingerprint density at radius 3 is 2.00 bits per heavy atom. The first-order chi connectivity index (χ1) is 5.54. The van der Waals surface area contributed by atoms with Gasteiger partial charge in [-0.2, -0.15) is 0 Å². The molecule has 0 saturated heterocycles. The van der Waals surface area contributed by atoms with E-state index in [4.69, 9.17) is 5.73 Å². The lowest BCUT2D eigenvalue weighted by atomic mass is 9.84. The van der Waals surface area contributed by atoms with Gasteiger partial charge in [-0.05, 0) is 30.7 Å². The monoisotopic (exact) mass is 173 g/mol. The van der Waals surface area contributed by atoms with Crippen molar-refractivity contribution in [3.8, 4) is 0 Å². The largest absolute Gasteiger partial charge is 0.393 e. The molecule has 0 aliphatic rings. The Hall–Kier alpha value is -0.0800. The van der Waals surface area contributed by atoms with E-state index in [2.05, 4.69) is 27.7 Å². The second-order valence-electron chi connectivity index (χ2n) is 4.00. The molecule has 0 aromatic rings. The van der Waals surface area contributed by atoms with E-state index in [1.54, 1.807) is 0 Å². The van der Waals surface area contributed by atoms with Gasteiger partial charge in [-0.25, -0.2) is 0 Å². The van der Waals surface area contributed by atoms with Crippen molar-refractivity contribution in [3.05, 3.63) is 0 Å². The summed E-state index contributed by atoms with van der Waals surface area (Å²) in [5, 5.41) is 9.87. The fourth-order valence-electron chi connectivity index (χ4n) is 1.37. The van der Waals surface area contributed by atoms with Crippen molar-refractivity contribution in [3.63, 3.8) is 0 Å². The van der Waals surface area contributed by atoms with Crippen LogP contribution in [-0.4, -0.2) is 17.8 Å². The standard InChI is InChI=1S/C10H23NO/c1-5-9(6-11)10(12)8(4)7(2)3/h7-10,12H,5-6,11H2,1-4H3. The predicted molar refractivity (Wildman–Crippen MR) is 52.8 cm³/mol. The van der Waals surface area contributed by atoms with Crippen LogP contribution in [0.1, 0.15) is 34.1 Å². The SMILES string of the molecule is CCC(CN)C(O)C(C)C(C)C. The minimum atomic E-state index is -0.236. The Balaban J connectivity index is 4.05. The number of nitrogens with two attached hydrogens (primary N) is 1. The summed E-state index contributed by atoms with van der Waals surface area (Å²) in [5.74, 6) is 1.14. The first-order valence-corrected chi connectivity index (χ1v) is 4.92. The zero-order valence-electron chi connectivity index (χ0n) is 8.75. The van der Waals surface area contributed by atoms with Gasteiger partial charge in [-0.1, -0.05) is 27.7 Å². The van der Waals surface area contributed by atoms with Gasteiger partial charge in [0, 0.05) is 0 Å². The minimum Gasteiger partial charge on any atom is -0.393 e. The number of aliphatic hydroxyl groups is 1. The quantitative estimate of drug-likeness (QED) is 0.663. The van der Waals surface area contributed by atoms with Crippen LogP contribution in [0.2, 0.25) is 0 Å². The molecule has 0 radical (unpaired) electrons. The van der Waals surface area contributed by atoms with Gasteiger partial charge in [-0.15, -0.1) is 0 Å². The van der Waals surface area contributed by atoms with E-state index >= 15 is 0 Å². The summed E-state index contributed by atoms with van der Waals surface area (Å²) in [6.07, 6.45) is 0.731. The van der Waals surface area contributed by atoms with Crippen molar-refractivity contribution >= 4 is 0 Å². The third-order valence-electron chi connectivity index (χ3n) is 2.90. The van der Waals surface area contributed by atoms with Crippen LogP contribution in [0.4, 0.5) is 0 Å². The molecule has 12 heavy (non-hydrogen) atoms. The third-order valence-corrected chi connectivity index (χ3v) is 2.90. The Bertz CT molecular complexity index is 108. The van der Waals surface area contributed by atoms with E-state index < -0.39 is 0 Å². The molecule has 0 aromatic heterocycles. The van der Waals surface area contributed by atoms with Gasteiger partial charge < -0.3 is 10.8 Å². The molecular formula is C10H23NO. The first-order valence-electron chi connectivity index (χ1n) is 4.92. The average Bonchev–Trinajstić information content (AvgIpc) is 2.05. The van der Waals surface area contributed by atoms with Gasteiger partial charge in [0.1, 0.15) is 0 Å². The van der Waals surface area contributed by atoms with Gasteiger partial charge in [0.05, 0.1) is 6.10 Å². The van der Waals surface area contributed by atoms with Crippen LogP contribution >= 0.6 is 0 Å². The zero-order chi connectivity index (χ0) is 9.72. The number of hydrogen-bond acceptors (Lipinski definition) is 2. The maximum atomic E-state index is 9.87. The molecule has 0 spiro atoms. The first kappa shape index (κ1) is 11.9. The Morgan fingerprint density at radius 1 is 1.25 bits per heavy atom. The lowest BCUT2D eigenvalue weighted by Gasteiger charge is -2.28. The summed E-state index contributed by atoms with van der Waals surface area (Å²) in [6.45, 7) is 9.03. The van der Waals surface area contributed by atoms with Crippen molar-refractivity contribution in [2.45, 2.75) is 40.2 Å². The fraction of sp³-hybridized carbons (Fsp3) is 1.00. The summed E-state index contributed by atoms with van der Waals surface area (Å²) in [7, 11) is 0. The summed E-state index contributed by atoms with van der Waals surface area (Å²) >= 11 is 0. The lowest BCUT2D eigenvalue weighted by Crippen LogP contribution is -2.34. The molecule has 0 aliphatic heterocycles. The molecule has 0 aromatic carbocycles. The van der Waals surface area contributed by atoms with Crippen molar-refractivity contribution in [2.24, 2.45) is 23.5 Å². The van der Waals surface area contributed by atoms with Crippen LogP contribution in [0.5, 0.6) is 0 Å². The summed E-state index contributed by atoms with van der Waals surface area (Å²) in [4.78, 5) is 0. The number of aliphatic hydroxyl groups excluding tert-OH is 1. The highest BCUT2D eigenvalue weighted by Gasteiger charge is 2.24. The van der Waals surface area contributed by atoms with Crippen LogP contribution in [0.25, 0.3) is 0 Å². The van der Waals surface area contributed by atoms with Gasteiger partial charge in [0.25, 0.3) is 0 Å². The molecular weight excluding hydrogens is 150 g/mol. The normalized spacial score (nSPS) is 19.2. The van der Waals surface area contributed by atoms with Crippen molar-refractivity contribution in [1.82, 2.24) is 0 Å². The molecule has 0 bridgehead atoms. The Labute approximate surface area is 76.2 Å². The molecule has 2 nitrogen and oxygen atoms in total. The molecule has 0 aliphatic carbocycles. The van der Waals surface area contributed by atoms with Crippen LogP contribution in [0.15, 0.2) is 0 Å². The molecule has 74 valence electrons. The highest BCUT2D eigenvalue weighted by molar-refractivity contribution is 4.75. The molecule has 0 rings (SSSR count). The molecule has 3 unspecified atom stereocenters. The highest BCUT2D eigenvalue weighted by atomic mass is 16.3. The van der Waals surface area contributed by atoms with Crippen LogP contribution < -0.4 is 5.73 Å². The van der Waals surface area contributed by atoms with Crippen molar-refractivity contribution in [2.75, 3.05) is 6.54 Å². The summed E-state index contributed by atoms with van der Waals surface area (Å²) in [5.41, 5.74) is 5.56. The van der Waals surface area contributed by atoms with Gasteiger partial charge in [0.2, 0.25) is 0 Å². The summed E-state index contributed by atoms with van der Waals surface area (Å²) in [6, 6.07) is 0. The molecule has 3 N–H and O–H groups in total.